The lowest BCUT2D eigenvalue weighted by molar-refractivity contribution is -0.384. The molecule has 0 aliphatic carbocycles. The number of para-hydroxylation sites is 1. The van der Waals surface area contributed by atoms with E-state index >= 15 is 0 Å². The fourth-order valence-electron chi connectivity index (χ4n) is 1.91. The van der Waals surface area contributed by atoms with Gasteiger partial charge in [-0.2, -0.15) is 4.37 Å². The summed E-state index contributed by atoms with van der Waals surface area (Å²) in [7, 11) is 1.78. The van der Waals surface area contributed by atoms with Gasteiger partial charge in [-0.15, -0.1) is 5.11 Å². The highest BCUT2D eigenvalue weighted by molar-refractivity contribution is 7.11. The van der Waals surface area contributed by atoms with Crippen LogP contribution in [0.5, 0.6) is 0 Å². The van der Waals surface area contributed by atoms with Crippen molar-refractivity contribution in [3.63, 3.8) is 0 Å². The van der Waals surface area contributed by atoms with Gasteiger partial charge in [0, 0.05) is 24.6 Å². The minimum atomic E-state index is -0.436. The number of aromatic nitrogens is 1. The monoisotopic (exact) mass is 313 g/mol. The smallest absolute Gasteiger partial charge is 0.258 e. The van der Waals surface area contributed by atoms with E-state index in [4.69, 9.17) is 0 Å². The van der Waals surface area contributed by atoms with Crippen LogP contribution in [0.1, 0.15) is 0 Å². The lowest BCUT2D eigenvalue weighted by Gasteiger charge is -2.09. The molecule has 3 aromatic rings. The molecule has 0 saturated carbocycles. The standard InChI is InChI=1S/C14H11N5O2S/c1-18(10-5-3-2-4-6-10)17-15-14-12-9-11(19(20)21)7-8-13(12)16-22-14/h2-9H,1H3/b17-15+. The Hall–Kier alpha value is -2.87. The summed E-state index contributed by atoms with van der Waals surface area (Å²) >= 11 is 1.16. The first kappa shape index (κ1) is 14.1. The molecule has 0 fully saturated rings. The summed E-state index contributed by atoms with van der Waals surface area (Å²) < 4.78 is 4.22. The molecule has 0 bridgehead atoms. The van der Waals surface area contributed by atoms with Crippen molar-refractivity contribution in [1.29, 1.82) is 0 Å². The Bertz CT molecular complexity index is 847. The van der Waals surface area contributed by atoms with Crippen LogP contribution >= 0.6 is 11.5 Å². The summed E-state index contributed by atoms with van der Waals surface area (Å²) in [6, 6.07) is 14.1. The third-order valence-corrected chi connectivity index (χ3v) is 3.81. The molecule has 3 rings (SSSR count). The molecule has 0 aliphatic rings. The molecule has 8 heteroatoms. The molecular formula is C14H11N5O2S. The van der Waals surface area contributed by atoms with Crippen LogP contribution < -0.4 is 5.01 Å². The molecule has 7 nitrogen and oxygen atoms in total. The van der Waals surface area contributed by atoms with Crippen molar-refractivity contribution in [3.05, 3.63) is 58.6 Å². The van der Waals surface area contributed by atoms with Crippen molar-refractivity contribution in [2.45, 2.75) is 0 Å². The molecule has 0 radical (unpaired) electrons. The number of hydrogen-bond donors (Lipinski definition) is 0. The molecule has 2 aromatic carbocycles. The van der Waals surface area contributed by atoms with Crippen LogP contribution in [0, 0.1) is 10.1 Å². The number of non-ortho nitro benzene ring substituents is 1. The molecule has 0 spiro atoms. The molecule has 0 saturated heterocycles. The van der Waals surface area contributed by atoms with E-state index in [1.165, 1.54) is 12.1 Å². The van der Waals surface area contributed by atoms with Gasteiger partial charge in [-0.1, -0.05) is 23.4 Å². The van der Waals surface area contributed by atoms with E-state index in [-0.39, 0.29) is 5.69 Å². The SMILES string of the molecule is CN(/N=N/c1snc2ccc([N+](=O)[O-])cc12)c1ccccc1. The molecule has 0 unspecified atom stereocenters. The number of anilines is 1. The minimum absolute atomic E-state index is 0.0144. The molecule has 110 valence electrons. The third-order valence-electron chi connectivity index (χ3n) is 3.05. The Morgan fingerprint density at radius 3 is 2.73 bits per heavy atom. The summed E-state index contributed by atoms with van der Waals surface area (Å²) in [5.74, 6) is 0. The lowest BCUT2D eigenvalue weighted by atomic mass is 10.2. The molecule has 0 N–H and O–H groups in total. The maximum Gasteiger partial charge on any atom is 0.270 e. The van der Waals surface area contributed by atoms with Crippen molar-refractivity contribution in [3.8, 4) is 0 Å². The fourth-order valence-corrected chi connectivity index (χ4v) is 2.58. The Morgan fingerprint density at radius 1 is 1.23 bits per heavy atom. The van der Waals surface area contributed by atoms with Gasteiger partial charge in [-0.3, -0.25) is 10.1 Å². The molecule has 0 aliphatic heterocycles. The van der Waals surface area contributed by atoms with Crippen molar-refractivity contribution in [2.24, 2.45) is 10.3 Å². The zero-order chi connectivity index (χ0) is 15.5. The number of nitro groups is 1. The van der Waals surface area contributed by atoms with Gasteiger partial charge < -0.3 is 0 Å². The Labute approximate surface area is 129 Å². The molecule has 22 heavy (non-hydrogen) atoms. The second-order valence-electron chi connectivity index (χ2n) is 4.49. The number of nitro benzene ring substituents is 1. The molecule has 0 atom stereocenters. The van der Waals surface area contributed by atoms with Crippen molar-refractivity contribution in [1.82, 2.24) is 4.37 Å². The Morgan fingerprint density at radius 2 is 2.00 bits per heavy atom. The second kappa shape index (κ2) is 5.86. The van der Waals surface area contributed by atoms with Gasteiger partial charge in [-0.25, -0.2) is 5.01 Å². The Kier molecular flexibility index (Phi) is 3.75. The molecule has 1 heterocycles. The van der Waals surface area contributed by atoms with Crippen LogP contribution in [-0.2, 0) is 0 Å². The van der Waals surface area contributed by atoms with Crippen LogP contribution in [-0.4, -0.2) is 16.3 Å². The van der Waals surface area contributed by atoms with Crippen LogP contribution in [0.2, 0.25) is 0 Å². The zero-order valence-corrected chi connectivity index (χ0v) is 12.4. The van der Waals surface area contributed by atoms with E-state index in [1.807, 2.05) is 30.3 Å². The van der Waals surface area contributed by atoms with Crippen LogP contribution in [0.15, 0.2) is 58.9 Å². The summed E-state index contributed by atoms with van der Waals surface area (Å²) in [5.41, 5.74) is 1.58. The first-order valence-corrected chi connectivity index (χ1v) is 7.17. The first-order valence-electron chi connectivity index (χ1n) is 6.39. The number of nitrogens with zero attached hydrogens (tertiary/aromatic N) is 5. The normalized spacial score (nSPS) is 11.1. The second-order valence-corrected chi connectivity index (χ2v) is 5.25. The predicted molar refractivity (Wildman–Crippen MR) is 85.6 cm³/mol. The van der Waals surface area contributed by atoms with E-state index in [1.54, 1.807) is 18.1 Å². The average Bonchev–Trinajstić information content (AvgIpc) is 2.95. The van der Waals surface area contributed by atoms with Crippen molar-refractivity contribution >= 4 is 38.8 Å². The maximum atomic E-state index is 10.9. The minimum Gasteiger partial charge on any atom is -0.258 e. The van der Waals surface area contributed by atoms with E-state index in [0.717, 1.165) is 17.2 Å². The van der Waals surface area contributed by atoms with Crippen molar-refractivity contribution < 1.29 is 4.92 Å². The molecule has 1 aromatic heterocycles. The van der Waals surface area contributed by atoms with E-state index < -0.39 is 4.92 Å². The van der Waals surface area contributed by atoms with E-state index in [0.29, 0.717) is 15.9 Å². The van der Waals surface area contributed by atoms with Crippen LogP contribution in [0.3, 0.4) is 0 Å². The summed E-state index contributed by atoms with van der Waals surface area (Å²) in [6.45, 7) is 0. The largest absolute Gasteiger partial charge is 0.270 e. The maximum absolute atomic E-state index is 10.9. The Balaban J connectivity index is 1.92. The van der Waals surface area contributed by atoms with E-state index in [9.17, 15) is 10.1 Å². The molecular weight excluding hydrogens is 302 g/mol. The van der Waals surface area contributed by atoms with Gasteiger partial charge in [0.1, 0.15) is 0 Å². The molecule has 0 amide bonds. The number of rotatable bonds is 4. The highest BCUT2D eigenvalue weighted by Gasteiger charge is 2.12. The quantitative estimate of drug-likeness (QED) is 0.407. The lowest BCUT2D eigenvalue weighted by Crippen LogP contribution is -2.06. The first-order chi connectivity index (χ1) is 10.6. The van der Waals surface area contributed by atoms with Gasteiger partial charge >= 0.3 is 0 Å². The van der Waals surface area contributed by atoms with Gasteiger partial charge in [0.15, 0.2) is 5.00 Å². The van der Waals surface area contributed by atoms with E-state index in [2.05, 4.69) is 14.7 Å². The van der Waals surface area contributed by atoms with Gasteiger partial charge in [0.25, 0.3) is 5.69 Å². The van der Waals surface area contributed by atoms with Crippen molar-refractivity contribution in [2.75, 3.05) is 12.1 Å². The van der Waals surface area contributed by atoms with Crippen LogP contribution in [0.25, 0.3) is 10.9 Å². The topological polar surface area (TPSA) is 84.0 Å². The van der Waals surface area contributed by atoms with Gasteiger partial charge in [0.2, 0.25) is 0 Å². The van der Waals surface area contributed by atoms with Gasteiger partial charge in [-0.05, 0) is 29.7 Å². The third kappa shape index (κ3) is 2.77. The highest BCUT2D eigenvalue weighted by Crippen LogP contribution is 2.33. The van der Waals surface area contributed by atoms with Gasteiger partial charge in [0.05, 0.1) is 16.1 Å². The highest BCUT2D eigenvalue weighted by atomic mass is 32.1. The van der Waals surface area contributed by atoms with Crippen LogP contribution in [0.4, 0.5) is 16.4 Å². The predicted octanol–water partition coefficient (Wildman–Crippen LogP) is 4.34. The number of fused-ring (bicyclic) bond motifs is 1. The average molecular weight is 313 g/mol. The fraction of sp³-hybridized carbons (Fsp3) is 0.0714. The summed E-state index contributed by atoms with van der Waals surface area (Å²) in [5, 5.41) is 21.9. The zero-order valence-electron chi connectivity index (χ0n) is 11.6. The summed E-state index contributed by atoms with van der Waals surface area (Å²) in [6.07, 6.45) is 0. The number of hydrogen-bond acceptors (Lipinski definition) is 6. The summed E-state index contributed by atoms with van der Waals surface area (Å²) in [4.78, 5) is 10.4. The number of benzene rings is 2.